The maximum atomic E-state index is 14.1. The van der Waals surface area contributed by atoms with E-state index in [1.165, 1.54) is 24.7 Å². The van der Waals surface area contributed by atoms with Gasteiger partial charge in [0, 0.05) is 17.4 Å². The Labute approximate surface area is 175 Å². The van der Waals surface area contributed by atoms with Crippen LogP contribution in [-0.2, 0) is 4.74 Å². The van der Waals surface area contributed by atoms with Crippen LogP contribution in [0.1, 0.15) is 18.7 Å². The summed E-state index contributed by atoms with van der Waals surface area (Å²) >= 11 is 5.80. The molecule has 0 aliphatic carbocycles. The summed E-state index contributed by atoms with van der Waals surface area (Å²) in [6.45, 7) is 1.06. The number of carbonyl (C=O) groups excluding carboxylic acids is 1. The first-order valence-corrected chi connectivity index (χ1v) is 9.45. The molecule has 8 nitrogen and oxygen atoms in total. The molecule has 1 N–H and O–H groups in total. The third-order valence-electron chi connectivity index (χ3n) is 4.61. The fourth-order valence-electron chi connectivity index (χ4n) is 3.06. The van der Waals surface area contributed by atoms with Crippen molar-refractivity contribution in [3.8, 4) is 5.69 Å². The number of cyclic esters (lactones) is 1. The maximum absolute atomic E-state index is 14.1. The second-order valence-electron chi connectivity index (χ2n) is 6.66. The van der Waals surface area contributed by atoms with Gasteiger partial charge in [-0.25, -0.2) is 23.5 Å². The quantitative estimate of drug-likeness (QED) is 0.633. The van der Waals surface area contributed by atoms with E-state index < -0.39 is 24.6 Å². The van der Waals surface area contributed by atoms with Gasteiger partial charge in [0.25, 0.3) is 0 Å². The van der Waals surface area contributed by atoms with E-state index >= 15 is 0 Å². The number of aromatic nitrogens is 4. The van der Waals surface area contributed by atoms with E-state index in [0.29, 0.717) is 16.4 Å². The smallest absolute Gasteiger partial charge is 0.416 e. The number of ether oxygens (including phenoxy) is 1. The first-order valence-electron chi connectivity index (χ1n) is 9.07. The SMILES string of the molecule is C[C@H](Nc1nccc(N2C(=O)OC[C@@H]2CF)n1)c1cn(-c2ccc(Cl)cc2F)cn1. The van der Waals surface area contributed by atoms with Crippen LogP contribution in [0.15, 0.2) is 43.0 Å². The number of nitrogens with zero attached hydrogens (tertiary/aromatic N) is 5. The number of carbonyl (C=O) groups is 1. The molecular formula is C19H17ClF2N6O2. The number of imidazole rings is 1. The Morgan fingerprint density at radius 3 is 2.97 bits per heavy atom. The Kier molecular flexibility index (Phi) is 5.49. The number of anilines is 2. The molecule has 1 fully saturated rings. The molecule has 0 unspecified atom stereocenters. The van der Waals surface area contributed by atoms with Crippen molar-refractivity contribution in [2.75, 3.05) is 23.5 Å². The van der Waals surface area contributed by atoms with Crippen molar-refractivity contribution in [2.24, 2.45) is 0 Å². The van der Waals surface area contributed by atoms with Crippen molar-refractivity contribution in [2.45, 2.75) is 19.0 Å². The van der Waals surface area contributed by atoms with Gasteiger partial charge in [-0.1, -0.05) is 11.6 Å². The van der Waals surface area contributed by atoms with E-state index in [-0.39, 0.29) is 24.4 Å². The third kappa shape index (κ3) is 3.90. The number of benzene rings is 1. The third-order valence-corrected chi connectivity index (χ3v) is 4.84. The van der Waals surface area contributed by atoms with Crippen molar-refractivity contribution in [3.63, 3.8) is 0 Å². The Bertz CT molecular complexity index is 1080. The van der Waals surface area contributed by atoms with E-state index in [4.69, 9.17) is 16.3 Å². The van der Waals surface area contributed by atoms with Gasteiger partial charge in [-0.3, -0.25) is 4.90 Å². The van der Waals surface area contributed by atoms with Crippen LogP contribution in [0, 0.1) is 5.82 Å². The molecule has 3 heterocycles. The Balaban J connectivity index is 1.51. The van der Waals surface area contributed by atoms with Gasteiger partial charge in [0.1, 0.15) is 31.0 Å². The lowest BCUT2D eigenvalue weighted by Crippen LogP contribution is -2.35. The Morgan fingerprint density at radius 2 is 2.20 bits per heavy atom. The van der Waals surface area contributed by atoms with Gasteiger partial charge in [-0.2, -0.15) is 4.98 Å². The van der Waals surface area contributed by atoms with E-state index in [0.717, 1.165) is 4.90 Å². The molecule has 2 aromatic heterocycles. The van der Waals surface area contributed by atoms with Crippen molar-refractivity contribution in [3.05, 3.63) is 59.5 Å². The molecule has 0 saturated carbocycles. The van der Waals surface area contributed by atoms with Crippen LogP contribution < -0.4 is 10.2 Å². The molecule has 4 rings (SSSR count). The summed E-state index contributed by atoms with van der Waals surface area (Å²) in [5.41, 5.74) is 0.925. The minimum absolute atomic E-state index is 0.0306. The molecule has 0 spiro atoms. The molecule has 1 aliphatic rings. The van der Waals surface area contributed by atoms with Crippen LogP contribution in [0.3, 0.4) is 0 Å². The largest absolute Gasteiger partial charge is 0.447 e. The van der Waals surface area contributed by atoms with Gasteiger partial charge < -0.3 is 14.6 Å². The van der Waals surface area contributed by atoms with Crippen LogP contribution in [0.25, 0.3) is 5.69 Å². The zero-order chi connectivity index (χ0) is 21.3. The standard InChI is InChI=1S/C19H17ClF2N6O2/c1-11(15-8-27(10-24-15)16-3-2-12(20)6-14(16)22)25-18-23-5-4-17(26-18)28-13(7-21)9-30-19(28)29/h2-6,8,10-11,13H,7,9H2,1H3,(H,23,25,26)/t11-,13-/m0/s1. The maximum Gasteiger partial charge on any atom is 0.416 e. The molecule has 2 atom stereocenters. The average Bonchev–Trinajstić information content (AvgIpc) is 3.35. The predicted molar refractivity (Wildman–Crippen MR) is 106 cm³/mol. The monoisotopic (exact) mass is 434 g/mol. The number of rotatable bonds is 6. The summed E-state index contributed by atoms with van der Waals surface area (Å²) in [6, 6.07) is 4.83. The summed E-state index contributed by atoms with van der Waals surface area (Å²) in [4.78, 5) is 25.8. The average molecular weight is 435 g/mol. The predicted octanol–water partition coefficient (Wildman–Crippen LogP) is 3.92. The van der Waals surface area contributed by atoms with E-state index in [2.05, 4.69) is 20.3 Å². The first kappa shape index (κ1) is 20.0. The van der Waals surface area contributed by atoms with Crippen LogP contribution in [0.2, 0.25) is 5.02 Å². The molecular weight excluding hydrogens is 418 g/mol. The molecule has 3 aromatic rings. The second-order valence-corrected chi connectivity index (χ2v) is 7.10. The molecule has 1 aliphatic heterocycles. The Morgan fingerprint density at radius 1 is 1.37 bits per heavy atom. The highest BCUT2D eigenvalue weighted by molar-refractivity contribution is 6.30. The lowest BCUT2D eigenvalue weighted by atomic mass is 10.2. The highest BCUT2D eigenvalue weighted by Crippen LogP contribution is 2.24. The Hall–Kier alpha value is -3.27. The van der Waals surface area contributed by atoms with Gasteiger partial charge >= 0.3 is 6.09 Å². The van der Waals surface area contributed by atoms with Crippen LogP contribution in [0.4, 0.5) is 25.3 Å². The van der Waals surface area contributed by atoms with Crippen LogP contribution in [-0.4, -0.2) is 44.9 Å². The minimum Gasteiger partial charge on any atom is -0.447 e. The fraction of sp³-hybridized carbons (Fsp3) is 0.263. The summed E-state index contributed by atoms with van der Waals surface area (Å²) < 4.78 is 33.7. The molecule has 1 saturated heterocycles. The second kappa shape index (κ2) is 8.23. The number of halogens is 3. The minimum atomic E-state index is -0.742. The molecule has 1 amide bonds. The zero-order valence-electron chi connectivity index (χ0n) is 15.8. The van der Waals surface area contributed by atoms with Gasteiger partial charge in [0.15, 0.2) is 0 Å². The highest BCUT2D eigenvalue weighted by atomic mass is 35.5. The number of amides is 1. The topological polar surface area (TPSA) is 85.2 Å². The van der Waals surface area contributed by atoms with Crippen LogP contribution >= 0.6 is 11.6 Å². The fourth-order valence-corrected chi connectivity index (χ4v) is 3.22. The molecule has 1 aromatic carbocycles. The lowest BCUT2D eigenvalue weighted by molar-refractivity contribution is 0.177. The summed E-state index contributed by atoms with van der Waals surface area (Å²) in [6.07, 6.45) is 3.97. The number of nitrogens with one attached hydrogen (secondary N) is 1. The lowest BCUT2D eigenvalue weighted by Gasteiger charge is -2.19. The summed E-state index contributed by atoms with van der Waals surface area (Å²) in [5, 5.41) is 3.38. The number of hydrogen-bond acceptors (Lipinski definition) is 6. The highest BCUT2D eigenvalue weighted by Gasteiger charge is 2.35. The van der Waals surface area contributed by atoms with Crippen molar-refractivity contribution in [1.29, 1.82) is 0 Å². The van der Waals surface area contributed by atoms with Crippen molar-refractivity contribution < 1.29 is 18.3 Å². The van der Waals surface area contributed by atoms with E-state index in [9.17, 15) is 13.6 Å². The normalized spacial score (nSPS) is 17.1. The molecule has 30 heavy (non-hydrogen) atoms. The molecule has 11 heteroatoms. The summed E-state index contributed by atoms with van der Waals surface area (Å²) in [5.74, 6) is -0.00819. The van der Waals surface area contributed by atoms with Gasteiger partial charge in [-0.05, 0) is 31.2 Å². The molecule has 0 radical (unpaired) electrons. The molecule has 156 valence electrons. The zero-order valence-corrected chi connectivity index (χ0v) is 16.6. The van der Waals surface area contributed by atoms with Gasteiger partial charge in [0.05, 0.1) is 23.8 Å². The van der Waals surface area contributed by atoms with E-state index in [1.54, 1.807) is 22.9 Å². The van der Waals surface area contributed by atoms with Crippen LogP contribution in [0.5, 0.6) is 0 Å². The van der Waals surface area contributed by atoms with Gasteiger partial charge in [0.2, 0.25) is 5.95 Å². The van der Waals surface area contributed by atoms with E-state index in [1.807, 2.05) is 6.92 Å². The van der Waals surface area contributed by atoms with Crippen molar-refractivity contribution in [1.82, 2.24) is 19.5 Å². The molecule has 0 bridgehead atoms. The number of hydrogen-bond donors (Lipinski definition) is 1. The first-order chi connectivity index (χ1) is 14.5. The van der Waals surface area contributed by atoms with Crippen molar-refractivity contribution >= 4 is 29.5 Å². The number of alkyl halides is 1. The summed E-state index contributed by atoms with van der Waals surface area (Å²) in [7, 11) is 0. The van der Waals surface area contributed by atoms with Gasteiger partial charge in [-0.15, -0.1) is 0 Å².